The lowest BCUT2D eigenvalue weighted by Crippen LogP contribution is -2.10. The maximum Gasteiger partial charge on any atom is 0.0665 e. The van der Waals surface area contributed by atoms with Crippen LogP contribution in [-0.4, -0.2) is 13.2 Å². The second-order valence-corrected chi connectivity index (χ2v) is 3.88. The van der Waals surface area contributed by atoms with Gasteiger partial charge in [-0.25, -0.2) is 0 Å². The number of benzene rings is 1. The van der Waals surface area contributed by atoms with E-state index in [1.54, 1.807) is 6.07 Å². The summed E-state index contributed by atoms with van der Waals surface area (Å²) in [7, 11) is 0. The van der Waals surface area contributed by atoms with Crippen molar-refractivity contribution in [2.24, 2.45) is 0 Å². The lowest BCUT2D eigenvalue weighted by Gasteiger charge is -2.02. The minimum absolute atomic E-state index is 0.590. The second-order valence-electron chi connectivity index (χ2n) is 3.09. The summed E-state index contributed by atoms with van der Waals surface area (Å²) in [6.45, 7) is 1.66. The molecule has 0 bridgehead atoms. The molecular weight excluding hydrogens is 219 g/mol. The molecule has 2 nitrogen and oxygen atoms in total. The van der Waals surface area contributed by atoms with Crippen molar-refractivity contribution in [3.63, 3.8) is 0 Å². The highest BCUT2D eigenvalue weighted by molar-refractivity contribution is 6.42. The maximum absolute atomic E-state index is 6.05. The highest BCUT2D eigenvalue weighted by Crippen LogP contribution is 2.26. The van der Waals surface area contributed by atoms with E-state index in [0.717, 1.165) is 24.5 Å². The predicted molar refractivity (Wildman–Crippen MR) is 60.4 cm³/mol. The van der Waals surface area contributed by atoms with Crippen molar-refractivity contribution in [2.75, 3.05) is 13.2 Å². The van der Waals surface area contributed by atoms with Crippen LogP contribution in [0.3, 0.4) is 0 Å². The van der Waals surface area contributed by atoms with Gasteiger partial charge in [0, 0.05) is 12.2 Å². The Hall–Kier alpha value is -0.700. The van der Waals surface area contributed by atoms with E-state index in [0.29, 0.717) is 10.0 Å². The summed E-state index contributed by atoms with van der Waals surface area (Å²) in [6, 6.07) is 5.62. The number of rotatable bonds is 1. The van der Waals surface area contributed by atoms with Gasteiger partial charge in [0.2, 0.25) is 0 Å². The predicted octanol–water partition coefficient (Wildman–Crippen LogP) is 2.48. The third-order valence-corrected chi connectivity index (χ3v) is 2.90. The molecule has 1 fully saturated rings. The largest absolute Gasteiger partial charge is 0.375 e. The van der Waals surface area contributed by atoms with Crippen LogP contribution in [0.1, 0.15) is 5.56 Å². The minimum Gasteiger partial charge on any atom is -0.375 e. The zero-order chi connectivity index (χ0) is 9.97. The molecule has 0 amide bonds. The van der Waals surface area contributed by atoms with Crippen LogP contribution in [0.2, 0.25) is 10.0 Å². The fourth-order valence-electron chi connectivity index (χ4n) is 1.36. The van der Waals surface area contributed by atoms with Gasteiger partial charge in [0.25, 0.3) is 0 Å². The van der Waals surface area contributed by atoms with Crippen molar-refractivity contribution < 1.29 is 0 Å². The quantitative estimate of drug-likeness (QED) is 0.773. The van der Waals surface area contributed by atoms with Crippen LogP contribution in [0.25, 0.3) is 6.08 Å². The van der Waals surface area contributed by atoms with Crippen LogP contribution in [0, 0.1) is 0 Å². The third kappa shape index (κ3) is 2.03. The molecule has 0 aromatic heterocycles. The molecule has 1 aromatic rings. The Morgan fingerprint density at radius 1 is 1.29 bits per heavy atom. The lowest BCUT2D eigenvalue weighted by atomic mass is 10.2. The average molecular weight is 229 g/mol. The van der Waals surface area contributed by atoms with Crippen molar-refractivity contribution in [3.8, 4) is 0 Å². The van der Waals surface area contributed by atoms with E-state index in [9.17, 15) is 0 Å². The molecule has 0 spiro atoms. The molecule has 0 atom stereocenters. The monoisotopic (exact) mass is 228 g/mol. The molecule has 1 heterocycles. The Kier molecular flexibility index (Phi) is 2.96. The van der Waals surface area contributed by atoms with Gasteiger partial charge in [-0.05, 0) is 17.7 Å². The van der Waals surface area contributed by atoms with Crippen molar-refractivity contribution in [2.45, 2.75) is 0 Å². The van der Waals surface area contributed by atoms with Crippen LogP contribution in [0.15, 0.2) is 23.9 Å². The van der Waals surface area contributed by atoms with Crippen LogP contribution < -0.4 is 10.6 Å². The normalized spacial score (nSPS) is 18.6. The second kappa shape index (κ2) is 4.22. The summed E-state index contributed by atoms with van der Waals surface area (Å²) in [6.07, 6.45) is 2.01. The first-order valence-corrected chi connectivity index (χ1v) is 5.12. The van der Waals surface area contributed by atoms with E-state index in [4.69, 9.17) is 23.2 Å². The molecular formula is C10H10Cl2N2. The molecule has 2 N–H and O–H groups in total. The van der Waals surface area contributed by atoms with Crippen molar-refractivity contribution >= 4 is 29.3 Å². The van der Waals surface area contributed by atoms with Gasteiger partial charge in [-0.3, -0.25) is 5.32 Å². The maximum atomic E-state index is 6.05. The summed E-state index contributed by atoms with van der Waals surface area (Å²) < 4.78 is 0. The van der Waals surface area contributed by atoms with Gasteiger partial charge >= 0.3 is 0 Å². The summed E-state index contributed by atoms with van der Waals surface area (Å²) in [5.74, 6) is 0. The van der Waals surface area contributed by atoms with Gasteiger partial charge < -0.3 is 5.32 Å². The van der Waals surface area contributed by atoms with Gasteiger partial charge in [0.1, 0.15) is 0 Å². The number of halogens is 2. The Labute approximate surface area is 92.9 Å². The fourth-order valence-corrected chi connectivity index (χ4v) is 1.72. The van der Waals surface area contributed by atoms with Crippen LogP contribution in [0.4, 0.5) is 0 Å². The summed E-state index contributed by atoms with van der Waals surface area (Å²) in [5.41, 5.74) is 2.08. The Bertz CT molecular complexity index is 366. The van der Waals surface area contributed by atoms with E-state index in [2.05, 4.69) is 10.6 Å². The Balaban J connectivity index is 2.32. The zero-order valence-electron chi connectivity index (χ0n) is 7.48. The number of hydrogen-bond donors (Lipinski definition) is 2. The molecule has 0 saturated carbocycles. The number of hydrogen-bond acceptors (Lipinski definition) is 2. The molecule has 2 rings (SSSR count). The Morgan fingerprint density at radius 3 is 2.86 bits per heavy atom. The average Bonchev–Trinajstić information content (AvgIpc) is 2.66. The van der Waals surface area contributed by atoms with Gasteiger partial charge in [-0.1, -0.05) is 35.3 Å². The summed E-state index contributed by atoms with van der Waals surface area (Å²) in [4.78, 5) is 0. The van der Waals surface area contributed by atoms with Crippen molar-refractivity contribution in [3.05, 3.63) is 39.5 Å². The van der Waals surface area contributed by atoms with Crippen LogP contribution in [-0.2, 0) is 0 Å². The molecule has 1 aliphatic heterocycles. The summed E-state index contributed by atoms with van der Waals surface area (Å²) >= 11 is 11.9. The highest BCUT2D eigenvalue weighted by atomic mass is 35.5. The van der Waals surface area contributed by atoms with Gasteiger partial charge in [0.15, 0.2) is 0 Å². The topological polar surface area (TPSA) is 24.1 Å². The van der Waals surface area contributed by atoms with E-state index in [-0.39, 0.29) is 0 Å². The molecule has 74 valence electrons. The zero-order valence-corrected chi connectivity index (χ0v) is 8.99. The first kappa shape index (κ1) is 9.84. The molecule has 1 aliphatic rings. The molecule has 4 heteroatoms. The minimum atomic E-state index is 0.590. The van der Waals surface area contributed by atoms with Crippen molar-refractivity contribution in [1.82, 2.24) is 10.6 Å². The highest BCUT2D eigenvalue weighted by Gasteiger charge is 2.06. The molecule has 0 aliphatic carbocycles. The van der Waals surface area contributed by atoms with Crippen LogP contribution in [0.5, 0.6) is 0 Å². The molecule has 1 aromatic carbocycles. The lowest BCUT2D eigenvalue weighted by molar-refractivity contribution is 0.815. The summed E-state index contributed by atoms with van der Waals surface area (Å²) in [5, 5.41) is 7.57. The molecule has 1 saturated heterocycles. The standard InChI is InChI=1S/C10H10Cl2N2/c11-9-3-1-2-7(10(9)12)4-8-5-13-6-14-8/h1-4,13-14H,5-6H2/b8-4+. The Morgan fingerprint density at radius 2 is 2.14 bits per heavy atom. The first-order valence-electron chi connectivity index (χ1n) is 4.36. The smallest absolute Gasteiger partial charge is 0.0665 e. The molecule has 14 heavy (non-hydrogen) atoms. The fraction of sp³-hybridized carbons (Fsp3) is 0.200. The van der Waals surface area contributed by atoms with Crippen LogP contribution >= 0.6 is 23.2 Å². The van der Waals surface area contributed by atoms with Gasteiger partial charge in [0.05, 0.1) is 16.7 Å². The van der Waals surface area contributed by atoms with E-state index in [1.165, 1.54) is 0 Å². The van der Waals surface area contributed by atoms with Gasteiger partial charge in [-0.15, -0.1) is 0 Å². The molecule has 0 radical (unpaired) electrons. The third-order valence-electron chi connectivity index (χ3n) is 2.07. The SMILES string of the molecule is Clc1cccc(/C=C2\CNCN2)c1Cl. The van der Waals surface area contributed by atoms with Gasteiger partial charge in [-0.2, -0.15) is 0 Å². The number of nitrogens with one attached hydrogen (secondary N) is 2. The van der Waals surface area contributed by atoms with E-state index < -0.39 is 0 Å². The first-order chi connectivity index (χ1) is 6.77. The van der Waals surface area contributed by atoms with Crippen molar-refractivity contribution in [1.29, 1.82) is 0 Å². The van der Waals surface area contributed by atoms with E-state index in [1.807, 2.05) is 18.2 Å². The van der Waals surface area contributed by atoms with E-state index >= 15 is 0 Å². The molecule has 0 unspecified atom stereocenters.